The van der Waals surface area contributed by atoms with Gasteiger partial charge in [-0.3, -0.25) is 0 Å². The third kappa shape index (κ3) is 5.67. The van der Waals surface area contributed by atoms with Crippen LogP contribution in [0.2, 0.25) is 0 Å². The van der Waals surface area contributed by atoms with Crippen LogP contribution in [0.15, 0.2) is 212 Å². The lowest BCUT2D eigenvalue weighted by Gasteiger charge is -2.30. The Balaban J connectivity index is 1.06. The molecule has 1 aliphatic carbocycles. The summed E-state index contributed by atoms with van der Waals surface area (Å²) in [6.07, 6.45) is 0. The maximum absolute atomic E-state index is 2.48. The summed E-state index contributed by atoms with van der Waals surface area (Å²) in [6, 6.07) is 78.7. The van der Waals surface area contributed by atoms with Gasteiger partial charge in [-0.05, 0) is 114 Å². The van der Waals surface area contributed by atoms with Crippen molar-refractivity contribution in [1.82, 2.24) is 0 Å². The topological polar surface area (TPSA) is 3.24 Å². The van der Waals surface area contributed by atoms with Crippen LogP contribution in [-0.2, 0) is 5.41 Å². The van der Waals surface area contributed by atoms with Gasteiger partial charge >= 0.3 is 0 Å². The number of fused-ring (bicyclic) bond motifs is 9. The van der Waals surface area contributed by atoms with E-state index in [0.717, 1.165) is 17.1 Å². The maximum atomic E-state index is 2.48. The number of benzene rings is 10. The van der Waals surface area contributed by atoms with Gasteiger partial charge in [-0.2, -0.15) is 0 Å². The van der Waals surface area contributed by atoms with Crippen molar-refractivity contribution in [3.63, 3.8) is 0 Å². The van der Waals surface area contributed by atoms with E-state index in [1.807, 2.05) is 11.3 Å². The molecule has 1 aromatic heterocycles. The monoisotopic (exact) mass is 795 g/mol. The first kappa shape index (κ1) is 35.7. The summed E-state index contributed by atoms with van der Waals surface area (Å²) in [7, 11) is 0. The number of rotatable bonds is 6. The Morgan fingerprint density at radius 1 is 0.361 bits per heavy atom. The molecule has 0 amide bonds. The van der Waals surface area contributed by atoms with Crippen LogP contribution in [0.25, 0.3) is 86.2 Å². The van der Waals surface area contributed by atoms with Crippen molar-refractivity contribution in [2.75, 3.05) is 4.90 Å². The first-order chi connectivity index (χ1) is 30.0. The fourth-order valence-electron chi connectivity index (χ4n) is 10.1. The average Bonchev–Trinajstić information content (AvgIpc) is 3.81. The van der Waals surface area contributed by atoms with Crippen molar-refractivity contribution in [2.45, 2.75) is 19.3 Å². The molecule has 0 N–H and O–H groups in total. The number of anilines is 3. The standard InChI is InChI=1S/C59H41NS/c1-59(2)54-24-10-8-18-49(54)50-34-32-43(37-55(50)59)60(42-30-26-40(27-31-42)46-21-13-23-52-51-19-9-11-25-57(51)61-58(46)52)56-35-29-41(36-53(56)38-14-4-3-5-15-38)45-20-12-22-47-44-17-7-6-16-39(44)28-33-48(45)47/h3-37H,1-2H3. The van der Waals surface area contributed by atoms with E-state index in [0.29, 0.717) is 0 Å². The Labute approximate surface area is 360 Å². The molecule has 0 aliphatic heterocycles. The summed E-state index contributed by atoms with van der Waals surface area (Å²) in [4.78, 5) is 2.48. The predicted octanol–water partition coefficient (Wildman–Crippen LogP) is 17.1. The van der Waals surface area contributed by atoms with Gasteiger partial charge in [-0.15, -0.1) is 11.3 Å². The highest BCUT2D eigenvalue weighted by atomic mass is 32.1. The van der Waals surface area contributed by atoms with Gasteiger partial charge in [0.25, 0.3) is 0 Å². The molecule has 10 aromatic carbocycles. The third-order valence-corrected chi connectivity index (χ3v) is 14.3. The lowest BCUT2D eigenvalue weighted by molar-refractivity contribution is 0.660. The molecule has 0 radical (unpaired) electrons. The zero-order valence-corrected chi connectivity index (χ0v) is 34.9. The zero-order valence-electron chi connectivity index (χ0n) is 34.1. The summed E-state index contributed by atoms with van der Waals surface area (Å²) in [5, 5.41) is 7.71. The van der Waals surface area contributed by atoms with Gasteiger partial charge in [0.2, 0.25) is 0 Å². The second-order valence-electron chi connectivity index (χ2n) is 16.8. The molecule has 1 heterocycles. The van der Waals surface area contributed by atoms with Crippen LogP contribution in [-0.4, -0.2) is 0 Å². The normalized spacial score (nSPS) is 12.9. The van der Waals surface area contributed by atoms with Crippen LogP contribution in [0, 0.1) is 0 Å². The molecule has 61 heavy (non-hydrogen) atoms. The van der Waals surface area contributed by atoms with Gasteiger partial charge < -0.3 is 4.90 Å². The third-order valence-electron chi connectivity index (χ3n) is 13.1. The molecular weight excluding hydrogens is 755 g/mol. The molecule has 0 unspecified atom stereocenters. The van der Waals surface area contributed by atoms with Gasteiger partial charge in [0.1, 0.15) is 0 Å². The van der Waals surface area contributed by atoms with Gasteiger partial charge in [-0.25, -0.2) is 0 Å². The summed E-state index contributed by atoms with van der Waals surface area (Å²) in [5.41, 5.74) is 15.9. The number of hydrogen-bond acceptors (Lipinski definition) is 2. The largest absolute Gasteiger partial charge is 0.310 e. The molecular formula is C59H41NS. The van der Waals surface area contributed by atoms with E-state index in [2.05, 4.69) is 231 Å². The van der Waals surface area contributed by atoms with Crippen LogP contribution < -0.4 is 4.90 Å². The van der Waals surface area contributed by atoms with Crippen molar-refractivity contribution in [3.05, 3.63) is 223 Å². The van der Waals surface area contributed by atoms with E-state index in [1.54, 1.807) is 0 Å². The van der Waals surface area contributed by atoms with E-state index >= 15 is 0 Å². The van der Waals surface area contributed by atoms with Crippen molar-refractivity contribution >= 4 is 70.1 Å². The number of thiophene rings is 1. The van der Waals surface area contributed by atoms with Gasteiger partial charge in [0.05, 0.1) is 5.69 Å². The van der Waals surface area contributed by atoms with Crippen molar-refractivity contribution in [2.24, 2.45) is 0 Å². The minimum Gasteiger partial charge on any atom is -0.310 e. The predicted molar refractivity (Wildman–Crippen MR) is 263 cm³/mol. The molecule has 0 saturated carbocycles. The minimum absolute atomic E-state index is 0.134. The van der Waals surface area contributed by atoms with Crippen molar-refractivity contribution < 1.29 is 0 Å². The highest BCUT2D eigenvalue weighted by Crippen LogP contribution is 2.52. The fraction of sp³-hybridized carbons (Fsp3) is 0.0508. The van der Waals surface area contributed by atoms with Crippen LogP contribution in [0.3, 0.4) is 0 Å². The molecule has 12 rings (SSSR count). The van der Waals surface area contributed by atoms with E-state index in [4.69, 9.17) is 0 Å². The van der Waals surface area contributed by atoms with Gasteiger partial charge in [0, 0.05) is 42.5 Å². The lowest BCUT2D eigenvalue weighted by atomic mass is 9.82. The van der Waals surface area contributed by atoms with E-state index in [-0.39, 0.29) is 5.41 Å². The smallest absolute Gasteiger partial charge is 0.0540 e. The molecule has 0 spiro atoms. The van der Waals surface area contributed by atoms with Gasteiger partial charge in [0.15, 0.2) is 0 Å². The highest BCUT2D eigenvalue weighted by Gasteiger charge is 2.36. The second-order valence-corrected chi connectivity index (χ2v) is 17.9. The molecule has 0 bridgehead atoms. The summed E-state index contributed by atoms with van der Waals surface area (Å²) in [5.74, 6) is 0. The number of nitrogens with zero attached hydrogens (tertiary/aromatic N) is 1. The lowest BCUT2D eigenvalue weighted by Crippen LogP contribution is -2.17. The summed E-state index contributed by atoms with van der Waals surface area (Å²) < 4.78 is 2.65. The van der Waals surface area contributed by atoms with Crippen LogP contribution in [0.4, 0.5) is 17.1 Å². The van der Waals surface area contributed by atoms with Crippen LogP contribution >= 0.6 is 11.3 Å². The Morgan fingerprint density at radius 3 is 1.87 bits per heavy atom. The van der Waals surface area contributed by atoms with Gasteiger partial charge in [-0.1, -0.05) is 184 Å². The maximum Gasteiger partial charge on any atom is 0.0540 e. The van der Waals surface area contributed by atoms with Crippen LogP contribution in [0.5, 0.6) is 0 Å². The molecule has 1 nitrogen and oxygen atoms in total. The first-order valence-corrected chi connectivity index (χ1v) is 22.0. The number of hydrogen-bond donors (Lipinski definition) is 0. The molecule has 288 valence electrons. The Bertz CT molecular complexity index is 3500. The molecule has 0 atom stereocenters. The molecule has 2 heteroatoms. The summed E-state index contributed by atoms with van der Waals surface area (Å²) in [6.45, 7) is 4.74. The Hall–Kier alpha value is -7.26. The SMILES string of the molecule is CC1(C)c2ccccc2-c2ccc(N(c3ccc(-c4cccc5c4sc4ccccc45)cc3)c3ccc(-c4cccc5c4ccc4ccccc45)cc3-c3ccccc3)cc21. The molecule has 11 aromatic rings. The fourth-order valence-corrected chi connectivity index (χ4v) is 11.3. The zero-order chi connectivity index (χ0) is 40.7. The van der Waals surface area contributed by atoms with Crippen LogP contribution in [0.1, 0.15) is 25.0 Å². The molecule has 1 aliphatic rings. The summed E-state index contributed by atoms with van der Waals surface area (Å²) >= 11 is 1.88. The second kappa shape index (κ2) is 13.9. The highest BCUT2D eigenvalue weighted by molar-refractivity contribution is 7.26. The van der Waals surface area contributed by atoms with Crippen molar-refractivity contribution in [1.29, 1.82) is 0 Å². The molecule has 0 fully saturated rings. The Morgan fingerprint density at radius 2 is 1.00 bits per heavy atom. The first-order valence-electron chi connectivity index (χ1n) is 21.2. The van der Waals surface area contributed by atoms with E-state index in [9.17, 15) is 0 Å². The molecule has 0 saturated heterocycles. The van der Waals surface area contributed by atoms with E-state index in [1.165, 1.54) is 97.4 Å². The minimum atomic E-state index is -0.134. The van der Waals surface area contributed by atoms with E-state index < -0.39 is 0 Å². The Kier molecular flexibility index (Phi) is 8.13. The van der Waals surface area contributed by atoms with Crippen molar-refractivity contribution in [3.8, 4) is 44.5 Å². The quantitative estimate of drug-likeness (QED) is 0.152. The average molecular weight is 796 g/mol.